The zero-order chi connectivity index (χ0) is 22.2. The van der Waals surface area contributed by atoms with Gasteiger partial charge in [-0.25, -0.2) is 0 Å². The monoisotopic (exact) mass is 434 g/mol. The van der Waals surface area contributed by atoms with Crippen LogP contribution in [0.1, 0.15) is 43.2 Å². The Balaban J connectivity index is 1.26. The number of rotatable bonds is 10. The van der Waals surface area contributed by atoms with Crippen molar-refractivity contribution < 1.29 is 14.1 Å². The number of carbonyl (C=O) groups is 1. The van der Waals surface area contributed by atoms with Gasteiger partial charge in [0.15, 0.2) is 0 Å². The highest BCUT2D eigenvalue weighted by Crippen LogP contribution is 2.20. The normalized spacial score (nSPS) is 13.9. The number of amides is 1. The van der Waals surface area contributed by atoms with Gasteiger partial charge in [-0.05, 0) is 68.2 Å². The number of benzene rings is 2. The molecule has 1 aliphatic rings. The Labute approximate surface area is 188 Å². The molecule has 4 rings (SSSR count). The number of likely N-dealkylation sites (tertiary alicyclic amines) is 1. The van der Waals surface area contributed by atoms with Crippen molar-refractivity contribution in [3.8, 4) is 17.1 Å². The molecule has 0 unspecified atom stereocenters. The van der Waals surface area contributed by atoms with Crippen LogP contribution in [0.4, 0.5) is 0 Å². The molecule has 1 aromatic heterocycles. The molecule has 2 aromatic carbocycles. The van der Waals surface area contributed by atoms with Gasteiger partial charge in [-0.1, -0.05) is 29.4 Å². The quantitative estimate of drug-likeness (QED) is 0.520. The lowest BCUT2D eigenvalue weighted by Gasteiger charge is -2.17. The summed E-state index contributed by atoms with van der Waals surface area (Å²) in [6.07, 6.45) is 3.26. The van der Waals surface area contributed by atoms with E-state index in [1.165, 1.54) is 24.0 Å². The van der Waals surface area contributed by atoms with Gasteiger partial charge in [0.25, 0.3) is 0 Å². The zero-order valence-corrected chi connectivity index (χ0v) is 18.5. The first-order valence-corrected chi connectivity index (χ1v) is 11.3. The average molecular weight is 435 g/mol. The second kappa shape index (κ2) is 10.9. The van der Waals surface area contributed by atoms with E-state index in [0.29, 0.717) is 37.7 Å². The van der Waals surface area contributed by atoms with Crippen molar-refractivity contribution >= 4 is 5.91 Å². The maximum atomic E-state index is 12.4. The van der Waals surface area contributed by atoms with Gasteiger partial charge in [-0.2, -0.15) is 4.98 Å². The van der Waals surface area contributed by atoms with E-state index in [-0.39, 0.29) is 5.91 Å². The van der Waals surface area contributed by atoms with E-state index in [9.17, 15) is 4.79 Å². The van der Waals surface area contributed by atoms with Crippen LogP contribution in [0.2, 0.25) is 0 Å². The van der Waals surface area contributed by atoms with Gasteiger partial charge in [0, 0.05) is 31.5 Å². The molecular formula is C25H30N4O3. The van der Waals surface area contributed by atoms with Crippen LogP contribution in [0.25, 0.3) is 11.4 Å². The lowest BCUT2D eigenvalue weighted by atomic mass is 10.1. The van der Waals surface area contributed by atoms with Crippen LogP contribution < -0.4 is 10.1 Å². The third-order valence-electron chi connectivity index (χ3n) is 5.64. The van der Waals surface area contributed by atoms with Crippen LogP contribution in [0.5, 0.6) is 5.75 Å². The van der Waals surface area contributed by atoms with Gasteiger partial charge in [0.1, 0.15) is 5.75 Å². The van der Waals surface area contributed by atoms with Crippen LogP contribution in [-0.4, -0.2) is 40.6 Å². The first-order chi connectivity index (χ1) is 15.7. The first kappa shape index (κ1) is 22.0. The molecule has 1 aliphatic heterocycles. The van der Waals surface area contributed by atoms with Crippen LogP contribution in [0.15, 0.2) is 53.1 Å². The molecule has 7 nitrogen and oxygen atoms in total. The van der Waals surface area contributed by atoms with Gasteiger partial charge < -0.3 is 14.6 Å². The smallest absolute Gasteiger partial charge is 0.227 e. The Kier molecular flexibility index (Phi) is 7.51. The summed E-state index contributed by atoms with van der Waals surface area (Å²) in [5, 5.41) is 7.06. The number of hydrogen-bond donors (Lipinski definition) is 1. The third-order valence-corrected chi connectivity index (χ3v) is 5.64. The highest BCUT2D eigenvalue weighted by Gasteiger charge is 2.14. The fourth-order valence-electron chi connectivity index (χ4n) is 3.91. The van der Waals surface area contributed by atoms with Gasteiger partial charge in [0.05, 0.1) is 6.61 Å². The fraction of sp³-hybridized carbons (Fsp3) is 0.400. The van der Waals surface area contributed by atoms with E-state index in [1.807, 2.05) is 37.3 Å². The highest BCUT2D eigenvalue weighted by atomic mass is 16.5. The van der Waals surface area contributed by atoms with Crippen LogP contribution in [-0.2, 0) is 24.3 Å². The molecule has 0 spiro atoms. The number of carbonyl (C=O) groups excluding carboxylic acids is 1. The van der Waals surface area contributed by atoms with Crippen molar-refractivity contribution in [2.24, 2.45) is 0 Å². The van der Waals surface area contributed by atoms with E-state index in [0.717, 1.165) is 30.9 Å². The van der Waals surface area contributed by atoms with E-state index in [4.69, 9.17) is 9.26 Å². The number of ether oxygens (including phenoxy) is 1. The third kappa shape index (κ3) is 5.95. The molecule has 7 heteroatoms. The number of aryl methyl sites for hydroxylation is 1. The van der Waals surface area contributed by atoms with E-state index in [2.05, 4.69) is 38.6 Å². The first-order valence-electron chi connectivity index (χ1n) is 11.3. The van der Waals surface area contributed by atoms with Crippen molar-refractivity contribution in [3.63, 3.8) is 0 Å². The molecule has 1 N–H and O–H groups in total. The lowest BCUT2D eigenvalue weighted by Crippen LogP contribution is -2.25. The van der Waals surface area contributed by atoms with Gasteiger partial charge in [-0.15, -0.1) is 0 Å². The molecule has 32 heavy (non-hydrogen) atoms. The Hall–Kier alpha value is -3.19. The van der Waals surface area contributed by atoms with Crippen molar-refractivity contribution in [3.05, 3.63) is 65.5 Å². The number of hydrogen-bond acceptors (Lipinski definition) is 6. The van der Waals surface area contributed by atoms with Gasteiger partial charge >= 0.3 is 0 Å². The molecule has 3 aromatic rings. The molecule has 1 fully saturated rings. The molecule has 0 saturated carbocycles. The Morgan fingerprint density at radius 1 is 1.09 bits per heavy atom. The summed E-state index contributed by atoms with van der Waals surface area (Å²) in [7, 11) is 0. The maximum Gasteiger partial charge on any atom is 0.227 e. The van der Waals surface area contributed by atoms with Crippen LogP contribution >= 0.6 is 0 Å². The molecular weight excluding hydrogens is 404 g/mol. The minimum absolute atomic E-state index is 0.0261. The van der Waals surface area contributed by atoms with Gasteiger partial charge in [0.2, 0.25) is 17.6 Å². The second-order valence-electron chi connectivity index (χ2n) is 8.00. The topological polar surface area (TPSA) is 80.5 Å². The number of aromatic nitrogens is 2. The largest absolute Gasteiger partial charge is 0.494 e. The summed E-state index contributed by atoms with van der Waals surface area (Å²) in [6.45, 7) is 6.36. The SMILES string of the molecule is CCOc1ccc(-c2noc(CCC(=O)NCc3ccccc3CN3CCCC3)n2)cc1. The average Bonchev–Trinajstić information content (AvgIpc) is 3.50. The Bertz CT molecular complexity index is 1010. The standard InChI is InChI=1S/C25H30N4O3/c1-2-31-22-11-9-19(10-12-22)25-27-24(32-28-25)14-13-23(30)26-17-20-7-3-4-8-21(20)18-29-15-5-6-16-29/h3-4,7-12H,2,5-6,13-18H2,1H3,(H,26,30). The molecule has 0 atom stereocenters. The highest BCUT2D eigenvalue weighted by molar-refractivity contribution is 5.76. The van der Waals surface area contributed by atoms with Crippen molar-refractivity contribution in [1.82, 2.24) is 20.4 Å². The van der Waals surface area contributed by atoms with Crippen molar-refractivity contribution in [2.45, 2.75) is 45.7 Å². The van der Waals surface area contributed by atoms with Crippen LogP contribution in [0, 0.1) is 0 Å². The molecule has 0 aliphatic carbocycles. The maximum absolute atomic E-state index is 12.4. The Morgan fingerprint density at radius 3 is 2.59 bits per heavy atom. The minimum Gasteiger partial charge on any atom is -0.494 e. The summed E-state index contributed by atoms with van der Waals surface area (Å²) >= 11 is 0. The molecule has 0 radical (unpaired) electrons. The number of nitrogens with one attached hydrogen (secondary N) is 1. The number of nitrogens with zero attached hydrogens (tertiary/aromatic N) is 3. The predicted molar refractivity (Wildman–Crippen MR) is 122 cm³/mol. The fourth-order valence-corrected chi connectivity index (χ4v) is 3.91. The summed E-state index contributed by atoms with van der Waals surface area (Å²) < 4.78 is 10.8. The molecule has 1 saturated heterocycles. The van der Waals surface area contributed by atoms with E-state index >= 15 is 0 Å². The van der Waals surface area contributed by atoms with Gasteiger partial charge in [-0.3, -0.25) is 9.69 Å². The molecule has 2 heterocycles. The molecule has 168 valence electrons. The van der Waals surface area contributed by atoms with Crippen LogP contribution in [0.3, 0.4) is 0 Å². The summed E-state index contributed by atoms with van der Waals surface area (Å²) in [4.78, 5) is 19.3. The van der Waals surface area contributed by atoms with E-state index < -0.39 is 0 Å². The summed E-state index contributed by atoms with van der Waals surface area (Å²) in [5.74, 6) is 1.75. The molecule has 1 amide bonds. The summed E-state index contributed by atoms with van der Waals surface area (Å²) in [6, 6.07) is 15.9. The lowest BCUT2D eigenvalue weighted by molar-refractivity contribution is -0.121. The predicted octanol–water partition coefficient (Wildman–Crippen LogP) is 3.98. The minimum atomic E-state index is -0.0261. The Morgan fingerprint density at radius 2 is 1.84 bits per heavy atom. The van der Waals surface area contributed by atoms with Crippen molar-refractivity contribution in [2.75, 3.05) is 19.7 Å². The zero-order valence-electron chi connectivity index (χ0n) is 18.5. The van der Waals surface area contributed by atoms with Crippen molar-refractivity contribution in [1.29, 1.82) is 0 Å². The second-order valence-corrected chi connectivity index (χ2v) is 8.00. The molecule has 0 bridgehead atoms. The summed E-state index contributed by atoms with van der Waals surface area (Å²) in [5.41, 5.74) is 3.30. The van der Waals surface area contributed by atoms with E-state index in [1.54, 1.807) is 0 Å².